The zero-order chi connectivity index (χ0) is 14.8. The van der Waals surface area contributed by atoms with Gasteiger partial charge in [-0.05, 0) is 17.7 Å². The van der Waals surface area contributed by atoms with Crippen molar-refractivity contribution in [3.63, 3.8) is 0 Å². The lowest BCUT2D eigenvalue weighted by Crippen LogP contribution is -2.25. The Kier molecular flexibility index (Phi) is 3.48. The summed E-state index contributed by atoms with van der Waals surface area (Å²) < 4.78 is 6.09. The monoisotopic (exact) mass is 279 g/mol. The number of fused-ring (bicyclic) bond motifs is 1. The quantitative estimate of drug-likeness (QED) is 0.789. The van der Waals surface area contributed by atoms with Gasteiger partial charge in [0.2, 0.25) is 0 Å². The van der Waals surface area contributed by atoms with E-state index in [9.17, 15) is 4.79 Å². The summed E-state index contributed by atoms with van der Waals surface area (Å²) in [5.41, 5.74) is 2.26. The first kappa shape index (κ1) is 13.4. The fraction of sp³-hybridized carbons (Fsp3) is 0.167. The van der Waals surface area contributed by atoms with Gasteiger partial charge in [-0.3, -0.25) is 4.79 Å². The molecule has 1 aliphatic heterocycles. The van der Waals surface area contributed by atoms with Gasteiger partial charge in [-0.2, -0.15) is 0 Å². The molecule has 2 aromatic carbocycles. The summed E-state index contributed by atoms with van der Waals surface area (Å²) in [5.74, 6) is 0.673. The van der Waals surface area contributed by atoms with Gasteiger partial charge in [0.05, 0.1) is 11.1 Å². The number of rotatable bonds is 2. The Morgan fingerprint density at radius 2 is 1.67 bits per heavy atom. The van der Waals surface area contributed by atoms with E-state index in [1.54, 1.807) is 0 Å². The maximum atomic E-state index is 12.8. The molecule has 0 radical (unpaired) electrons. The number of para-hydroxylation sites is 1. The van der Waals surface area contributed by atoms with Crippen molar-refractivity contribution in [3.05, 3.63) is 77.5 Å². The molecule has 1 atom stereocenters. The van der Waals surface area contributed by atoms with Crippen molar-refractivity contribution in [3.8, 4) is 5.75 Å². The Bertz CT molecular complexity index is 689. The van der Waals surface area contributed by atoms with E-state index in [0.29, 0.717) is 16.9 Å². The molecule has 1 aliphatic rings. The molecule has 0 bridgehead atoms. The predicted molar refractivity (Wildman–Crippen MR) is 82.4 cm³/mol. The topological polar surface area (TPSA) is 29.5 Å². The van der Waals surface area contributed by atoms with Crippen molar-refractivity contribution in [2.75, 3.05) is 14.1 Å². The highest BCUT2D eigenvalue weighted by atomic mass is 16.5. The van der Waals surface area contributed by atoms with Gasteiger partial charge in [-0.15, -0.1) is 0 Å². The average molecular weight is 279 g/mol. The number of ether oxygens (including phenoxy) is 1. The number of nitrogens with zero attached hydrogens (tertiary/aromatic N) is 1. The minimum atomic E-state index is -0.365. The Labute approximate surface area is 124 Å². The minimum absolute atomic E-state index is 0.0272. The van der Waals surface area contributed by atoms with E-state index >= 15 is 0 Å². The van der Waals surface area contributed by atoms with Crippen LogP contribution in [-0.2, 0) is 0 Å². The molecule has 0 N–H and O–H groups in total. The number of ketones is 1. The fourth-order valence-electron chi connectivity index (χ4n) is 2.50. The molecule has 2 aromatic rings. The van der Waals surface area contributed by atoms with Crippen LogP contribution in [0.5, 0.6) is 5.75 Å². The molecule has 0 amide bonds. The molecule has 21 heavy (non-hydrogen) atoms. The van der Waals surface area contributed by atoms with E-state index in [-0.39, 0.29) is 11.9 Å². The van der Waals surface area contributed by atoms with Gasteiger partial charge in [0.1, 0.15) is 5.75 Å². The lowest BCUT2D eigenvalue weighted by Gasteiger charge is -2.28. The molecule has 3 rings (SSSR count). The van der Waals surface area contributed by atoms with Gasteiger partial charge >= 0.3 is 0 Å². The molecule has 3 heteroatoms. The third-order valence-electron chi connectivity index (χ3n) is 3.42. The summed E-state index contributed by atoms with van der Waals surface area (Å²) >= 11 is 0. The van der Waals surface area contributed by atoms with Crippen LogP contribution in [0.2, 0.25) is 0 Å². The Morgan fingerprint density at radius 3 is 2.38 bits per heavy atom. The van der Waals surface area contributed by atoms with E-state index in [0.717, 1.165) is 5.56 Å². The third kappa shape index (κ3) is 2.55. The van der Waals surface area contributed by atoms with Crippen LogP contribution in [0.15, 0.2) is 66.4 Å². The van der Waals surface area contributed by atoms with Crippen molar-refractivity contribution >= 4 is 5.78 Å². The molecular weight excluding hydrogens is 262 g/mol. The van der Waals surface area contributed by atoms with Crippen LogP contribution in [0.25, 0.3) is 0 Å². The van der Waals surface area contributed by atoms with Crippen LogP contribution in [0, 0.1) is 0 Å². The number of carbonyl (C=O) groups excluding carboxylic acids is 1. The molecular formula is C18H17NO2. The lowest BCUT2D eigenvalue weighted by atomic mass is 9.91. The maximum absolute atomic E-state index is 12.8. The lowest BCUT2D eigenvalue weighted by molar-refractivity contribution is 0.0957. The Hall–Kier alpha value is -2.55. The highest BCUT2D eigenvalue weighted by Crippen LogP contribution is 2.38. The summed E-state index contributed by atoms with van der Waals surface area (Å²) in [6, 6.07) is 17.2. The minimum Gasteiger partial charge on any atom is -0.480 e. The molecule has 0 aromatic heterocycles. The predicted octanol–water partition coefficient (Wildman–Crippen LogP) is 3.45. The van der Waals surface area contributed by atoms with E-state index < -0.39 is 0 Å². The van der Waals surface area contributed by atoms with Gasteiger partial charge in [0, 0.05) is 20.3 Å². The second-order valence-corrected chi connectivity index (χ2v) is 5.28. The summed E-state index contributed by atoms with van der Waals surface area (Å²) in [5, 5.41) is 0. The van der Waals surface area contributed by atoms with Crippen LogP contribution >= 0.6 is 0 Å². The van der Waals surface area contributed by atoms with Gasteiger partial charge < -0.3 is 9.64 Å². The van der Waals surface area contributed by atoms with E-state index in [2.05, 4.69) is 0 Å². The van der Waals surface area contributed by atoms with E-state index in [1.165, 1.54) is 0 Å². The first-order valence-electron chi connectivity index (χ1n) is 6.90. The first-order valence-corrected chi connectivity index (χ1v) is 6.90. The molecule has 106 valence electrons. The largest absolute Gasteiger partial charge is 0.480 e. The third-order valence-corrected chi connectivity index (χ3v) is 3.42. The molecule has 0 saturated heterocycles. The zero-order valence-electron chi connectivity index (χ0n) is 12.1. The highest BCUT2D eigenvalue weighted by Gasteiger charge is 2.32. The number of hydrogen-bond donors (Lipinski definition) is 0. The van der Waals surface area contributed by atoms with Gasteiger partial charge in [-0.1, -0.05) is 42.5 Å². The van der Waals surface area contributed by atoms with Gasteiger partial charge in [0.25, 0.3) is 0 Å². The summed E-state index contributed by atoms with van der Waals surface area (Å²) in [6.45, 7) is 0. The number of hydrogen-bond acceptors (Lipinski definition) is 3. The second kappa shape index (κ2) is 5.44. The molecule has 1 heterocycles. The van der Waals surface area contributed by atoms with Crippen molar-refractivity contribution in [1.29, 1.82) is 0 Å². The van der Waals surface area contributed by atoms with Crippen LogP contribution in [0.3, 0.4) is 0 Å². The van der Waals surface area contributed by atoms with Crippen LogP contribution in [0.4, 0.5) is 0 Å². The molecule has 0 fully saturated rings. The number of Topliss-reactive ketones (excluding diaryl/α,β-unsaturated/α-hetero) is 1. The van der Waals surface area contributed by atoms with E-state index in [1.807, 2.05) is 79.8 Å². The van der Waals surface area contributed by atoms with Crippen LogP contribution in [-0.4, -0.2) is 24.8 Å². The standard InChI is InChI=1S/C18H17NO2/c1-19(2)12-15-17(20)14-10-6-7-11-16(14)21-18(15)13-8-4-3-5-9-13/h3-12,18H,1-2H3/b15-12+/t18-/m0/s1. The average Bonchev–Trinajstić information content (AvgIpc) is 2.50. The highest BCUT2D eigenvalue weighted by molar-refractivity contribution is 6.12. The maximum Gasteiger partial charge on any atom is 0.198 e. The Morgan fingerprint density at radius 1 is 1.00 bits per heavy atom. The van der Waals surface area contributed by atoms with E-state index in [4.69, 9.17) is 4.74 Å². The summed E-state index contributed by atoms with van der Waals surface area (Å²) in [4.78, 5) is 14.6. The normalized spacial score (nSPS) is 19.0. The first-order chi connectivity index (χ1) is 10.2. The van der Waals surface area contributed by atoms with Crippen molar-refractivity contribution in [2.24, 2.45) is 0 Å². The number of benzene rings is 2. The van der Waals surface area contributed by atoms with Crippen molar-refractivity contribution < 1.29 is 9.53 Å². The van der Waals surface area contributed by atoms with Crippen LogP contribution in [0.1, 0.15) is 22.0 Å². The zero-order valence-corrected chi connectivity index (χ0v) is 12.1. The van der Waals surface area contributed by atoms with Crippen LogP contribution < -0.4 is 4.74 Å². The molecule has 0 aliphatic carbocycles. The fourth-order valence-corrected chi connectivity index (χ4v) is 2.50. The van der Waals surface area contributed by atoms with Crippen molar-refractivity contribution in [2.45, 2.75) is 6.10 Å². The summed E-state index contributed by atoms with van der Waals surface area (Å²) in [7, 11) is 3.81. The SMILES string of the molecule is CN(C)/C=C1\C(=O)c2ccccc2O[C@H]1c1ccccc1. The molecule has 0 spiro atoms. The van der Waals surface area contributed by atoms with Crippen molar-refractivity contribution in [1.82, 2.24) is 4.90 Å². The number of carbonyl (C=O) groups is 1. The second-order valence-electron chi connectivity index (χ2n) is 5.28. The molecule has 3 nitrogen and oxygen atoms in total. The molecule has 0 unspecified atom stereocenters. The summed E-state index contributed by atoms with van der Waals surface area (Å²) in [6.07, 6.45) is 1.48. The molecule has 0 saturated carbocycles. The smallest absolute Gasteiger partial charge is 0.198 e. The van der Waals surface area contributed by atoms with Gasteiger partial charge in [-0.25, -0.2) is 0 Å². The Balaban J connectivity index is 2.12. The van der Waals surface area contributed by atoms with Gasteiger partial charge in [0.15, 0.2) is 11.9 Å².